The first-order valence-corrected chi connectivity index (χ1v) is 5.72. The number of hydrogen-bond donors (Lipinski definition) is 1. The minimum Gasteiger partial charge on any atom is -0.481 e. The quantitative estimate of drug-likeness (QED) is 0.724. The van der Waals surface area contributed by atoms with E-state index in [-0.39, 0.29) is 6.42 Å². The molecular weight excluding hydrogens is 190 g/mol. The van der Waals surface area contributed by atoms with Gasteiger partial charge in [0.25, 0.3) is 0 Å². The van der Waals surface area contributed by atoms with E-state index in [9.17, 15) is 4.79 Å². The molecule has 1 N–H and O–H groups in total. The van der Waals surface area contributed by atoms with E-state index < -0.39 is 5.97 Å². The summed E-state index contributed by atoms with van der Waals surface area (Å²) in [6.45, 7) is 6.68. The molecule has 1 unspecified atom stereocenters. The van der Waals surface area contributed by atoms with E-state index in [1.807, 2.05) is 0 Å². The normalized spacial score (nSPS) is 23.8. The standard InChI is InChI=1S/C12H21NO2/c1-10(2)13-8-4-6-11(9-13)5-3-7-12(14)15/h3,5,10-11H,4,6-9H2,1-2H3,(H,14,15)/b5-3-. The average molecular weight is 211 g/mol. The van der Waals surface area contributed by atoms with Crippen molar-refractivity contribution in [3.63, 3.8) is 0 Å². The van der Waals surface area contributed by atoms with Gasteiger partial charge in [-0.15, -0.1) is 0 Å². The van der Waals surface area contributed by atoms with Gasteiger partial charge >= 0.3 is 5.97 Å². The second-order valence-corrected chi connectivity index (χ2v) is 4.52. The van der Waals surface area contributed by atoms with Crippen molar-refractivity contribution >= 4 is 5.97 Å². The maximum Gasteiger partial charge on any atom is 0.307 e. The number of carboxylic acid groups (broad SMARTS) is 1. The lowest BCUT2D eigenvalue weighted by Crippen LogP contribution is -2.39. The fourth-order valence-corrected chi connectivity index (χ4v) is 2.03. The van der Waals surface area contributed by atoms with Crippen LogP contribution in [-0.2, 0) is 4.79 Å². The molecule has 0 spiro atoms. The molecule has 0 bridgehead atoms. The first-order valence-electron chi connectivity index (χ1n) is 5.72. The molecule has 1 aliphatic heterocycles. The molecule has 1 rings (SSSR count). The van der Waals surface area contributed by atoms with E-state index in [1.54, 1.807) is 6.08 Å². The first kappa shape index (κ1) is 12.2. The Bertz CT molecular complexity index is 236. The largest absolute Gasteiger partial charge is 0.481 e. The third-order valence-corrected chi connectivity index (χ3v) is 2.92. The Hall–Kier alpha value is -0.830. The van der Waals surface area contributed by atoms with Crippen LogP contribution in [0, 0.1) is 5.92 Å². The van der Waals surface area contributed by atoms with Gasteiger partial charge in [0.1, 0.15) is 0 Å². The van der Waals surface area contributed by atoms with Gasteiger partial charge in [-0.2, -0.15) is 0 Å². The zero-order valence-electron chi connectivity index (χ0n) is 9.65. The van der Waals surface area contributed by atoms with Crippen molar-refractivity contribution < 1.29 is 9.90 Å². The van der Waals surface area contributed by atoms with Crippen LogP contribution < -0.4 is 0 Å². The van der Waals surface area contributed by atoms with E-state index in [2.05, 4.69) is 24.8 Å². The zero-order valence-corrected chi connectivity index (χ0v) is 9.65. The molecule has 0 amide bonds. The van der Waals surface area contributed by atoms with Crippen LogP contribution in [0.15, 0.2) is 12.2 Å². The highest BCUT2D eigenvalue weighted by Gasteiger charge is 2.19. The van der Waals surface area contributed by atoms with Crippen LogP contribution in [0.25, 0.3) is 0 Å². The van der Waals surface area contributed by atoms with Crippen LogP contribution in [0.2, 0.25) is 0 Å². The minimum atomic E-state index is -0.747. The smallest absolute Gasteiger partial charge is 0.307 e. The van der Waals surface area contributed by atoms with Crippen LogP contribution in [0.3, 0.4) is 0 Å². The second kappa shape index (κ2) is 5.91. The monoisotopic (exact) mass is 211 g/mol. The molecule has 1 aliphatic rings. The molecule has 1 saturated heterocycles. The summed E-state index contributed by atoms with van der Waals surface area (Å²) in [7, 11) is 0. The third-order valence-electron chi connectivity index (χ3n) is 2.92. The van der Waals surface area contributed by atoms with Crippen molar-refractivity contribution in [2.45, 2.75) is 39.2 Å². The molecule has 0 aromatic heterocycles. The van der Waals surface area contributed by atoms with Crippen molar-refractivity contribution in [3.05, 3.63) is 12.2 Å². The third kappa shape index (κ3) is 4.47. The summed E-state index contributed by atoms with van der Waals surface area (Å²) in [5, 5.41) is 8.52. The number of carbonyl (C=O) groups is 1. The summed E-state index contributed by atoms with van der Waals surface area (Å²) in [6, 6.07) is 0.598. The first-order chi connectivity index (χ1) is 7.09. The van der Waals surface area contributed by atoms with Crippen molar-refractivity contribution in [1.29, 1.82) is 0 Å². The highest BCUT2D eigenvalue weighted by atomic mass is 16.4. The second-order valence-electron chi connectivity index (χ2n) is 4.52. The highest BCUT2D eigenvalue weighted by molar-refractivity contribution is 5.68. The van der Waals surface area contributed by atoms with Gasteiger partial charge in [-0.05, 0) is 39.2 Å². The molecule has 15 heavy (non-hydrogen) atoms. The molecule has 3 heteroatoms. The van der Waals surface area contributed by atoms with E-state index in [1.165, 1.54) is 19.4 Å². The van der Waals surface area contributed by atoms with Gasteiger partial charge in [-0.1, -0.05) is 12.2 Å². The Balaban J connectivity index is 2.36. The topological polar surface area (TPSA) is 40.5 Å². The van der Waals surface area contributed by atoms with E-state index in [0.717, 1.165) is 6.54 Å². The van der Waals surface area contributed by atoms with Gasteiger partial charge in [0.15, 0.2) is 0 Å². The number of rotatable bonds is 4. The molecule has 86 valence electrons. The molecule has 1 fully saturated rings. The molecule has 0 aromatic carbocycles. The van der Waals surface area contributed by atoms with E-state index >= 15 is 0 Å². The highest BCUT2D eigenvalue weighted by Crippen LogP contribution is 2.19. The molecular formula is C12H21NO2. The maximum absolute atomic E-state index is 10.4. The number of aliphatic carboxylic acids is 1. The molecule has 1 heterocycles. The van der Waals surface area contributed by atoms with Crippen molar-refractivity contribution in [3.8, 4) is 0 Å². The van der Waals surface area contributed by atoms with Gasteiger partial charge in [-0.25, -0.2) is 0 Å². The molecule has 1 atom stereocenters. The number of likely N-dealkylation sites (tertiary alicyclic amines) is 1. The summed E-state index contributed by atoms with van der Waals surface area (Å²) in [5.41, 5.74) is 0. The van der Waals surface area contributed by atoms with Crippen LogP contribution in [0.5, 0.6) is 0 Å². The SMILES string of the molecule is CC(C)N1CCCC(/C=C\CC(=O)O)C1. The molecule has 3 nitrogen and oxygen atoms in total. The Kier molecular flexibility index (Phi) is 4.82. The summed E-state index contributed by atoms with van der Waals surface area (Å²) >= 11 is 0. The summed E-state index contributed by atoms with van der Waals surface area (Å²) in [4.78, 5) is 12.8. The maximum atomic E-state index is 10.4. The summed E-state index contributed by atoms with van der Waals surface area (Å²) < 4.78 is 0. The molecule has 0 aromatic rings. The van der Waals surface area contributed by atoms with Crippen LogP contribution >= 0.6 is 0 Å². The Labute approximate surface area is 91.8 Å². The van der Waals surface area contributed by atoms with E-state index in [0.29, 0.717) is 12.0 Å². The van der Waals surface area contributed by atoms with Crippen molar-refractivity contribution in [2.75, 3.05) is 13.1 Å². The van der Waals surface area contributed by atoms with Crippen LogP contribution in [0.1, 0.15) is 33.1 Å². The number of carboxylic acids is 1. The number of nitrogens with zero attached hydrogens (tertiary/aromatic N) is 1. The summed E-state index contributed by atoms with van der Waals surface area (Å²) in [6.07, 6.45) is 6.43. The Morgan fingerprint density at radius 1 is 1.60 bits per heavy atom. The van der Waals surface area contributed by atoms with Gasteiger partial charge in [0.05, 0.1) is 6.42 Å². The van der Waals surface area contributed by atoms with Gasteiger partial charge in [-0.3, -0.25) is 4.79 Å². The van der Waals surface area contributed by atoms with Crippen LogP contribution in [0.4, 0.5) is 0 Å². The lowest BCUT2D eigenvalue weighted by atomic mass is 9.96. The van der Waals surface area contributed by atoms with Gasteiger partial charge in [0, 0.05) is 12.6 Å². The lowest BCUT2D eigenvalue weighted by molar-refractivity contribution is -0.136. The fourth-order valence-electron chi connectivity index (χ4n) is 2.03. The minimum absolute atomic E-state index is 0.151. The molecule has 0 saturated carbocycles. The van der Waals surface area contributed by atoms with Crippen molar-refractivity contribution in [2.24, 2.45) is 5.92 Å². The zero-order chi connectivity index (χ0) is 11.3. The fraction of sp³-hybridized carbons (Fsp3) is 0.750. The van der Waals surface area contributed by atoms with E-state index in [4.69, 9.17) is 5.11 Å². The average Bonchev–Trinajstić information content (AvgIpc) is 2.17. The summed E-state index contributed by atoms with van der Waals surface area (Å²) in [5.74, 6) is -0.205. The lowest BCUT2D eigenvalue weighted by Gasteiger charge is -2.34. The number of piperidine rings is 1. The molecule has 0 aliphatic carbocycles. The predicted octanol–water partition coefficient (Wildman–Crippen LogP) is 2.14. The number of hydrogen-bond acceptors (Lipinski definition) is 2. The molecule has 0 radical (unpaired) electrons. The van der Waals surface area contributed by atoms with Crippen molar-refractivity contribution in [1.82, 2.24) is 4.90 Å². The Morgan fingerprint density at radius 2 is 2.33 bits per heavy atom. The predicted molar refractivity (Wildman–Crippen MR) is 60.8 cm³/mol. The van der Waals surface area contributed by atoms with Gasteiger partial charge < -0.3 is 10.0 Å². The van der Waals surface area contributed by atoms with Crippen LogP contribution in [-0.4, -0.2) is 35.1 Å². The van der Waals surface area contributed by atoms with Gasteiger partial charge in [0.2, 0.25) is 0 Å². The Morgan fingerprint density at radius 3 is 2.93 bits per heavy atom.